The number of ether oxygens (including phenoxy) is 1. The Hall–Kier alpha value is -5.84. The number of nitrogens with zero attached hydrogens (tertiary/aromatic N) is 6. The van der Waals surface area contributed by atoms with Gasteiger partial charge in [-0.1, -0.05) is 119 Å². The van der Waals surface area contributed by atoms with Gasteiger partial charge in [-0.05, 0) is 103 Å². The van der Waals surface area contributed by atoms with Crippen LogP contribution in [0.3, 0.4) is 0 Å². The summed E-state index contributed by atoms with van der Waals surface area (Å²) in [7, 11) is 0. The third-order valence-corrected chi connectivity index (χ3v) is 16.5. The van der Waals surface area contributed by atoms with Gasteiger partial charge in [-0.25, -0.2) is 9.78 Å². The number of amides is 5. The van der Waals surface area contributed by atoms with Crippen LogP contribution in [0.2, 0.25) is 10.0 Å². The minimum atomic E-state index is -1.12. The molecule has 5 aromatic rings. The fourth-order valence-corrected chi connectivity index (χ4v) is 11.5. The Balaban J connectivity index is 0.989. The van der Waals surface area contributed by atoms with Crippen molar-refractivity contribution in [3.63, 3.8) is 0 Å². The molecule has 0 spiro atoms. The van der Waals surface area contributed by atoms with Crippen LogP contribution >= 0.6 is 34.5 Å². The lowest BCUT2D eigenvalue weighted by Gasteiger charge is -2.47. The summed E-state index contributed by atoms with van der Waals surface area (Å²) in [5.41, 5.74) is 5.04. The van der Waals surface area contributed by atoms with Gasteiger partial charge in [-0.2, -0.15) is 0 Å². The van der Waals surface area contributed by atoms with Gasteiger partial charge in [0.25, 0.3) is 0 Å². The second-order valence-electron chi connectivity index (χ2n) is 22.3. The molecule has 2 saturated heterocycles. The number of rotatable bonds is 13. The number of nitrogens with one attached hydrogen (secondary N) is 2. The van der Waals surface area contributed by atoms with Crippen molar-refractivity contribution in [2.24, 2.45) is 10.4 Å². The molecule has 5 amide bonds. The van der Waals surface area contributed by atoms with E-state index in [4.69, 9.17) is 32.9 Å². The molecule has 17 heteroatoms. The molecule has 0 bridgehead atoms. The summed E-state index contributed by atoms with van der Waals surface area (Å²) in [6, 6.07) is 27.0. The van der Waals surface area contributed by atoms with Crippen molar-refractivity contribution in [1.82, 2.24) is 35.2 Å². The Kier molecular flexibility index (Phi) is 16.3. The average molecular weight is 1080 g/mol. The highest BCUT2D eigenvalue weighted by molar-refractivity contribution is 7.13. The third kappa shape index (κ3) is 11.5. The summed E-state index contributed by atoms with van der Waals surface area (Å²) < 4.78 is 6.38. The van der Waals surface area contributed by atoms with Crippen molar-refractivity contribution < 1.29 is 29.0 Å². The summed E-state index contributed by atoms with van der Waals surface area (Å²) in [4.78, 5) is 75.9. The predicted octanol–water partition coefficient (Wildman–Crippen LogP) is 9.56. The molecule has 0 aliphatic carbocycles. The second-order valence-corrected chi connectivity index (χ2v) is 24.0. The monoisotopic (exact) mass is 1080 g/mol. The van der Waals surface area contributed by atoms with E-state index in [0.717, 1.165) is 38.4 Å². The summed E-state index contributed by atoms with van der Waals surface area (Å²) in [5, 5.41) is 17.9. The SMILES string of the molecule is CCOc1cc(C(C)(C)C)ccc1C1=N[C@@](C)(c2ccc(Cl)cc2)[C@@](C)(c2ccc(Cl)cc2)N1C(=O)N1CCN(CC(=O)NC(C(=O)N2CC(O)CC2C(=O)NCc2ccc(-c3scnc3C)cc2)C(C)(C)C)CC1. The first kappa shape index (κ1) is 55.4. The van der Waals surface area contributed by atoms with Gasteiger partial charge in [-0.3, -0.25) is 29.2 Å². The van der Waals surface area contributed by atoms with Gasteiger partial charge < -0.3 is 30.3 Å². The van der Waals surface area contributed by atoms with Crippen molar-refractivity contribution in [1.29, 1.82) is 0 Å². The molecule has 8 rings (SSSR count). The zero-order valence-corrected chi connectivity index (χ0v) is 47.0. The number of hydrogen-bond donors (Lipinski definition) is 3. The van der Waals surface area contributed by atoms with Crippen molar-refractivity contribution in [2.75, 3.05) is 45.9 Å². The van der Waals surface area contributed by atoms with Gasteiger partial charge in [0.15, 0.2) is 0 Å². The van der Waals surface area contributed by atoms with E-state index in [1.54, 1.807) is 16.2 Å². The van der Waals surface area contributed by atoms with Crippen molar-refractivity contribution in [2.45, 2.75) is 117 Å². The fourth-order valence-electron chi connectivity index (χ4n) is 10.4. The van der Waals surface area contributed by atoms with E-state index < -0.39 is 40.6 Å². The van der Waals surface area contributed by atoms with Crippen LogP contribution in [0.4, 0.5) is 4.79 Å². The molecule has 0 saturated carbocycles. The first-order chi connectivity index (χ1) is 35.4. The summed E-state index contributed by atoms with van der Waals surface area (Å²) in [6.45, 7) is 21.9. The van der Waals surface area contributed by atoms with E-state index in [2.05, 4.69) is 42.5 Å². The van der Waals surface area contributed by atoms with E-state index in [0.29, 0.717) is 60.0 Å². The number of aliphatic imine (C=N–C) groups is 1. The molecular weight excluding hydrogens is 1010 g/mol. The highest BCUT2D eigenvalue weighted by Gasteiger charge is 2.60. The number of likely N-dealkylation sites (tertiary alicyclic amines) is 1. The second kappa shape index (κ2) is 22.0. The minimum Gasteiger partial charge on any atom is -0.493 e. The highest BCUT2D eigenvalue weighted by atomic mass is 35.5. The Morgan fingerprint density at radius 1 is 0.867 bits per heavy atom. The average Bonchev–Trinajstić information content (AvgIpc) is 4.07. The molecule has 14 nitrogen and oxygen atoms in total. The molecule has 398 valence electrons. The molecule has 3 aliphatic heterocycles. The van der Waals surface area contributed by atoms with E-state index in [9.17, 15) is 19.5 Å². The van der Waals surface area contributed by atoms with Gasteiger partial charge in [-0.15, -0.1) is 11.3 Å². The molecule has 75 heavy (non-hydrogen) atoms. The number of β-amino-alcohol motifs (C(OH)–C–C–N with tert-alkyl or cyclic N) is 1. The molecule has 4 heterocycles. The van der Waals surface area contributed by atoms with Crippen molar-refractivity contribution in [3.8, 4) is 16.2 Å². The number of aliphatic hydroxyl groups is 1. The first-order valence-electron chi connectivity index (χ1n) is 25.7. The van der Waals surface area contributed by atoms with Crippen molar-refractivity contribution in [3.05, 3.63) is 140 Å². The molecule has 1 aromatic heterocycles. The zero-order chi connectivity index (χ0) is 54.2. The molecule has 2 fully saturated rings. The Morgan fingerprint density at radius 3 is 2.07 bits per heavy atom. The lowest BCUT2D eigenvalue weighted by Crippen LogP contribution is -2.61. The van der Waals surface area contributed by atoms with Crippen LogP contribution in [-0.2, 0) is 37.4 Å². The number of carbonyl (C=O) groups is 4. The maximum Gasteiger partial charge on any atom is 0.326 e. The summed E-state index contributed by atoms with van der Waals surface area (Å²) in [5.74, 6) is -0.117. The standard InChI is InChI=1S/C58H70Cl2N8O6S/c1-11-74-47-30-41(55(3,4)5)20-25-45(47)51-64-57(9,39-16-21-42(59)22-17-39)58(10,40-18-23-43(60)24-19-40)68(51)54(73)66-28-26-65(27-29-66)34-48(70)63-50(56(6,7)8)53(72)67-33-44(69)31-46(67)52(71)61-32-37-12-14-38(15-13-37)49-36(2)62-35-75-49/h12-25,30,35,44,46,50,69H,11,26-29,31-34H2,1-10H3,(H,61,71)(H,63,70)/t44?,46?,50?,57-,58+/m0/s1. The van der Waals surface area contributed by atoms with Crippen LogP contribution in [-0.4, -0.2) is 123 Å². The summed E-state index contributed by atoms with van der Waals surface area (Å²) in [6.07, 6.45) is -0.823. The van der Waals surface area contributed by atoms with E-state index in [1.165, 1.54) is 4.90 Å². The zero-order valence-electron chi connectivity index (χ0n) is 44.7. The Bertz CT molecular complexity index is 2930. The van der Waals surface area contributed by atoms with E-state index >= 15 is 4.79 Å². The molecule has 0 radical (unpaired) electrons. The van der Waals surface area contributed by atoms with Gasteiger partial charge >= 0.3 is 6.03 Å². The Labute approximate surface area is 455 Å². The van der Waals surface area contributed by atoms with Gasteiger partial charge in [0, 0.05) is 55.7 Å². The number of amidine groups is 1. The first-order valence-corrected chi connectivity index (χ1v) is 27.3. The smallest absolute Gasteiger partial charge is 0.326 e. The van der Waals surface area contributed by atoms with Gasteiger partial charge in [0.05, 0.1) is 40.9 Å². The molecular formula is C58H70Cl2N8O6S. The van der Waals surface area contributed by atoms with E-state index in [1.807, 2.05) is 149 Å². The maximum absolute atomic E-state index is 15.7. The van der Waals surface area contributed by atoms with Gasteiger partial charge in [0.2, 0.25) is 17.7 Å². The molecule has 3 unspecified atom stereocenters. The lowest BCUT2D eigenvalue weighted by atomic mass is 9.71. The maximum atomic E-state index is 15.7. The van der Waals surface area contributed by atoms with Crippen molar-refractivity contribution >= 4 is 64.1 Å². The van der Waals surface area contributed by atoms with Crippen LogP contribution in [0.5, 0.6) is 5.75 Å². The number of piperazine rings is 1. The van der Waals surface area contributed by atoms with Crippen LogP contribution in [0.25, 0.3) is 10.4 Å². The Morgan fingerprint density at radius 2 is 1.49 bits per heavy atom. The molecule has 3 aliphatic rings. The van der Waals surface area contributed by atoms with Crippen LogP contribution in [0, 0.1) is 12.3 Å². The highest BCUT2D eigenvalue weighted by Crippen LogP contribution is 2.54. The quantitative estimate of drug-likeness (QED) is 0.105. The van der Waals surface area contributed by atoms with Gasteiger partial charge in [0.1, 0.15) is 34.7 Å². The van der Waals surface area contributed by atoms with Crippen LogP contribution < -0.4 is 15.4 Å². The third-order valence-electron chi connectivity index (χ3n) is 15.1. The number of urea groups is 1. The number of aromatic nitrogens is 1. The fraction of sp³-hybridized carbons (Fsp3) is 0.448. The number of halogens is 2. The predicted molar refractivity (Wildman–Crippen MR) is 297 cm³/mol. The number of thiazole rings is 1. The number of aryl methyl sites for hydroxylation is 1. The summed E-state index contributed by atoms with van der Waals surface area (Å²) >= 11 is 14.5. The normalized spacial score (nSPS) is 21.7. The van der Waals surface area contributed by atoms with Crippen LogP contribution in [0.1, 0.15) is 102 Å². The van der Waals surface area contributed by atoms with E-state index in [-0.39, 0.29) is 49.3 Å². The number of carbonyl (C=O) groups excluding carboxylic acids is 4. The number of benzene rings is 4. The molecule has 3 N–H and O–H groups in total. The lowest BCUT2D eigenvalue weighted by molar-refractivity contribution is -0.144. The number of aliphatic hydroxyl groups excluding tert-OH is 1. The largest absolute Gasteiger partial charge is 0.493 e. The van der Waals surface area contributed by atoms with Crippen LogP contribution in [0.15, 0.2) is 101 Å². The molecule has 5 atom stereocenters. The minimum absolute atomic E-state index is 0.0266. The topological polar surface area (TPSA) is 160 Å². The molecule has 4 aromatic carbocycles. The number of hydrogen-bond acceptors (Lipinski definition) is 10.